The topological polar surface area (TPSA) is 40.0 Å². The van der Waals surface area contributed by atoms with E-state index in [1.807, 2.05) is 12.1 Å². The molecule has 0 aliphatic heterocycles. The fourth-order valence-corrected chi connectivity index (χ4v) is 8.71. The summed E-state index contributed by atoms with van der Waals surface area (Å²) in [5.41, 5.74) is 14.4. The van der Waals surface area contributed by atoms with E-state index in [0.29, 0.717) is 0 Å². The molecule has 0 fully saturated rings. The standard InChI is InChI=1S/C50H31N5/c1-2-12-36(13-3-1)53-44-19-9-5-14-37(44)40-30-34(26-28-46(40)53)32-22-24-33(25-23-32)35-27-29-47-41(31-35)38-15-6-10-20-45(38)54(47)50-52-42-17-7-4-16-39(42)49-51-43-18-8-11-21-48(43)55(49)50/h1-31H. The summed E-state index contributed by atoms with van der Waals surface area (Å²) in [7, 11) is 0. The Labute approximate surface area is 315 Å². The average Bonchev–Trinajstić information content (AvgIpc) is 3.92. The summed E-state index contributed by atoms with van der Waals surface area (Å²) >= 11 is 0. The zero-order chi connectivity index (χ0) is 36.0. The van der Waals surface area contributed by atoms with Gasteiger partial charge in [-0.2, -0.15) is 0 Å². The van der Waals surface area contributed by atoms with Gasteiger partial charge in [-0.15, -0.1) is 0 Å². The molecule has 0 saturated heterocycles. The van der Waals surface area contributed by atoms with Crippen LogP contribution in [0, 0.1) is 0 Å². The fraction of sp³-hybridized carbons (Fsp3) is 0. The molecule has 12 aromatic rings. The zero-order valence-electron chi connectivity index (χ0n) is 29.6. The normalized spacial score (nSPS) is 12.0. The van der Waals surface area contributed by atoms with Crippen LogP contribution in [0.25, 0.3) is 105 Å². The molecule has 5 heteroatoms. The maximum atomic E-state index is 5.32. The highest BCUT2D eigenvalue weighted by Crippen LogP contribution is 2.38. The first-order valence-corrected chi connectivity index (χ1v) is 18.7. The highest BCUT2D eigenvalue weighted by molar-refractivity contribution is 6.12. The quantitative estimate of drug-likeness (QED) is 0.183. The molecule has 256 valence electrons. The predicted octanol–water partition coefficient (Wildman–Crippen LogP) is 12.6. The Hall–Kier alpha value is -7.50. The molecule has 0 bridgehead atoms. The van der Waals surface area contributed by atoms with Crippen LogP contribution in [-0.4, -0.2) is 23.5 Å². The van der Waals surface area contributed by atoms with E-state index >= 15 is 0 Å². The minimum Gasteiger partial charge on any atom is -0.309 e. The Kier molecular flexibility index (Phi) is 6.27. The maximum absolute atomic E-state index is 5.32. The number of nitrogens with zero attached hydrogens (tertiary/aromatic N) is 5. The van der Waals surface area contributed by atoms with Gasteiger partial charge in [0.05, 0.1) is 38.6 Å². The molecule has 12 rings (SSSR count). The van der Waals surface area contributed by atoms with Gasteiger partial charge in [-0.05, 0) is 95.1 Å². The number of hydrogen-bond acceptors (Lipinski definition) is 2. The van der Waals surface area contributed by atoms with Gasteiger partial charge in [0, 0.05) is 32.6 Å². The lowest BCUT2D eigenvalue weighted by Gasteiger charge is -2.12. The van der Waals surface area contributed by atoms with Gasteiger partial charge in [0.2, 0.25) is 5.95 Å². The van der Waals surface area contributed by atoms with E-state index in [9.17, 15) is 0 Å². The summed E-state index contributed by atoms with van der Waals surface area (Å²) < 4.78 is 6.88. The van der Waals surface area contributed by atoms with Crippen molar-refractivity contribution in [2.75, 3.05) is 0 Å². The number of imidazole rings is 1. The van der Waals surface area contributed by atoms with Crippen molar-refractivity contribution in [2.45, 2.75) is 0 Å². The first kappa shape index (κ1) is 30.0. The van der Waals surface area contributed by atoms with Crippen molar-refractivity contribution < 1.29 is 0 Å². The van der Waals surface area contributed by atoms with Crippen molar-refractivity contribution in [3.05, 3.63) is 188 Å². The highest BCUT2D eigenvalue weighted by Gasteiger charge is 2.20. The molecule has 0 spiro atoms. The van der Waals surface area contributed by atoms with E-state index in [-0.39, 0.29) is 0 Å². The minimum atomic E-state index is 0.828. The first-order chi connectivity index (χ1) is 27.3. The fourth-order valence-electron chi connectivity index (χ4n) is 8.71. The number of aromatic nitrogens is 5. The van der Waals surface area contributed by atoms with E-state index in [1.54, 1.807) is 0 Å². The van der Waals surface area contributed by atoms with E-state index < -0.39 is 0 Å². The predicted molar refractivity (Wildman–Crippen MR) is 228 cm³/mol. The molecule has 0 radical (unpaired) electrons. The molecule has 0 N–H and O–H groups in total. The summed E-state index contributed by atoms with van der Waals surface area (Å²) in [5, 5.41) is 5.92. The Bertz CT molecular complexity index is 3480. The molecule has 0 saturated carbocycles. The summed E-state index contributed by atoms with van der Waals surface area (Å²) in [6.07, 6.45) is 0. The molecule has 8 aromatic carbocycles. The summed E-state index contributed by atoms with van der Waals surface area (Å²) in [6.45, 7) is 0. The lowest BCUT2D eigenvalue weighted by Crippen LogP contribution is -2.06. The average molecular weight is 702 g/mol. The summed E-state index contributed by atoms with van der Waals surface area (Å²) in [6, 6.07) is 67.2. The van der Waals surface area contributed by atoms with Crippen LogP contribution in [0.5, 0.6) is 0 Å². The Morgan fingerprint density at radius 2 is 0.782 bits per heavy atom. The van der Waals surface area contributed by atoms with E-state index in [2.05, 4.69) is 189 Å². The molecule has 0 aliphatic carbocycles. The van der Waals surface area contributed by atoms with Gasteiger partial charge in [-0.3, -0.25) is 8.97 Å². The van der Waals surface area contributed by atoms with Crippen molar-refractivity contribution in [1.82, 2.24) is 23.5 Å². The second kappa shape index (κ2) is 11.5. The maximum Gasteiger partial charge on any atom is 0.221 e. The summed E-state index contributed by atoms with van der Waals surface area (Å²) in [5.74, 6) is 0.828. The first-order valence-electron chi connectivity index (χ1n) is 18.7. The molecule has 4 aromatic heterocycles. The molecule has 0 atom stereocenters. The van der Waals surface area contributed by atoms with Gasteiger partial charge in [0.15, 0.2) is 0 Å². The van der Waals surface area contributed by atoms with Crippen LogP contribution in [0.3, 0.4) is 0 Å². The van der Waals surface area contributed by atoms with Crippen LogP contribution in [-0.2, 0) is 0 Å². The van der Waals surface area contributed by atoms with Gasteiger partial charge in [-0.1, -0.05) is 115 Å². The molecule has 4 heterocycles. The summed E-state index contributed by atoms with van der Waals surface area (Å²) in [4.78, 5) is 10.4. The Morgan fingerprint density at radius 3 is 1.44 bits per heavy atom. The second-order valence-corrected chi connectivity index (χ2v) is 14.3. The van der Waals surface area contributed by atoms with Gasteiger partial charge in [0.25, 0.3) is 0 Å². The number of fused-ring (bicyclic) bond motifs is 11. The monoisotopic (exact) mass is 701 g/mol. The third kappa shape index (κ3) is 4.41. The van der Waals surface area contributed by atoms with Crippen LogP contribution in [0.4, 0.5) is 0 Å². The van der Waals surface area contributed by atoms with Crippen LogP contribution in [0.15, 0.2) is 188 Å². The van der Waals surface area contributed by atoms with Crippen molar-refractivity contribution in [2.24, 2.45) is 0 Å². The van der Waals surface area contributed by atoms with Crippen LogP contribution in [0.1, 0.15) is 0 Å². The molecule has 5 nitrogen and oxygen atoms in total. The van der Waals surface area contributed by atoms with Crippen molar-refractivity contribution >= 4 is 71.2 Å². The lowest BCUT2D eigenvalue weighted by molar-refractivity contribution is 0.979. The van der Waals surface area contributed by atoms with E-state index in [1.165, 1.54) is 60.5 Å². The molecule has 0 unspecified atom stereocenters. The van der Waals surface area contributed by atoms with Crippen molar-refractivity contribution in [3.8, 4) is 33.9 Å². The molecular weight excluding hydrogens is 671 g/mol. The van der Waals surface area contributed by atoms with Crippen molar-refractivity contribution in [1.29, 1.82) is 0 Å². The van der Waals surface area contributed by atoms with Crippen molar-refractivity contribution in [3.63, 3.8) is 0 Å². The smallest absolute Gasteiger partial charge is 0.221 e. The van der Waals surface area contributed by atoms with Gasteiger partial charge >= 0.3 is 0 Å². The van der Waals surface area contributed by atoms with Gasteiger partial charge < -0.3 is 4.57 Å². The van der Waals surface area contributed by atoms with E-state index in [4.69, 9.17) is 9.97 Å². The van der Waals surface area contributed by atoms with E-state index in [0.717, 1.165) is 44.6 Å². The van der Waals surface area contributed by atoms with Gasteiger partial charge in [-0.25, -0.2) is 9.97 Å². The molecule has 55 heavy (non-hydrogen) atoms. The number of para-hydroxylation sites is 6. The zero-order valence-corrected chi connectivity index (χ0v) is 29.6. The molecule has 0 aliphatic rings. The van der Waals surface area contributed by atoms with Crippen LogP contribution in [0.2, 0.25) is 0 Å². The Balaban J connectivity index is 0.987. The lowest BCUT2D eigenvalue weighted by atomic mass is 9.98. The SMILES string of the molecule is c1ccc(-n2c3ccccc3c3cc(-c4ccc(-c5ccc6c(c5)c5ccccc5n6-c5nc6ccccc6c6nc7ccccc7n56)cc4)ccc32)cc1. The third-order valence-corrected chi connectivity index (χ3v) is 11.2. The molecule has 0 amide bonds. The third-order valence-electron chi connectivity index (χ3n) is 11.2. The van der Waals surface area contributed by atoms with Crippen LogP contribution >= 0.6 is 0 Å². The largest absolute Gasteiger partial charge is 0.309 e. The number of rotatable bonds is 4. The molecular formula is C50H31N5. The number of hydrogen-bond donors (Lipinski definition) is 0. The number of benzene rings is 8. The highest BCUT2D eigenvalue weighted by atomic mass is 15.2. The van der Waals surface area contributed by atoms with Crippen LogP contribution < -0.4 is 0 Å². The van der Waals surface area contributed by atoms with Gasteiger partial charge in [0.1, 0.15) is 5.65 Å². The minimum absolute atomic E-state index is 0.828. The Morgan fingerprint density at radius 1 is 0.309 bits per heavy atom. The second-order valence-electron chi connectivity index (χ2n) is 14.3.